The zero-order valence-corrected chi connectivity index (χ0v) is 20.1. The lowest BCUT2D eigenvalue weighted by molar-refractivity contribution is -0.144. The summed E-state index contributed by atoms with van der Waals surface area (Å²) in [6, 6.07) is 7.67. The van der Waals surface area contributed by atoms with Crippen LogP contribution >= 0.6 is 0 Å². The zero-order valence-electron chi connectivity index (χ0n) is 20.1. The zero-order chi connectivity index (χ0) is 24.6. The van der Waals surface area contributed by atoms with Crippen LogP contribution in [0.1, 0.15) is 64.9 Å². The fourth-order valence-electron chi connectivity index (χ4n) is 4.33. The molecule has 1 aromatic carbocycles. The molecular formula is C25H40N4O4. The summed E-state index contributed by atoms with van der Waals surface area (Å²) in [5.41, 5.74) is 11.4. The number of nitrogens with zero attached hydrogens (tertiary/aromatic N) is 1. The van der Waals surface area contributed by atoms with E-state index in [0.717, 1.165) is 37.7 Å². The maximum Gasteiger partial charge on any atom is 0.237 e. The van der Waals surface area contributed by atoms with E-state index in [1.807, 2.05) is 51.1 Å². The largest absolute Gasteiger partial charge is 0.389 e. The summed E-state index contributed by atoms with van der Waals surface area (Å²) in [6.07, 6.45) is 4.02. The summed E-state index contributed by atoms with van der Waals surface area (Å²) in [6.45, 7) is 5.94. The van der Waals surface area contributed by atoms with Crippen molar-refractivity contribution in [2.24, 2.45) is 17.4 Å². The number of nitrogens with one attached hydrogen (secondary N) is 1. The number of carbonyl (C=O) groups excluding carboxylic acids is 3. The molecule has 0 radical (unpaired) electrons. The molecule has 0 spiro atoms. The molecule has 1 fully saturated rings. The highest BCUT2D eigenvalue weighted by atomic mass is 16.3. The van der Waals surface area contributed by atoms with Gasteiger partial charge in [0.2, 0.25) is 17.7 Å². The third kappa shape index (κ3) is 8.44. The number of β-amino-alcohol motifs (C(OH)–C–C–N with tert-alkyl or cyclic N) is 1. The van der Waals surface area contributed by atoms with Crippen molar-refractivity contribution in [3.8, 4) is 0 Å². The third-order valence-electron chi connectivity index (χ3n) is 6.25. The fourth-order valence-corrected chi connectivity index (χ4v) is 4.33. The first-order chi connectivity index (χ1) is 15.5. The molecule has 33 heavy (non-hydrogen) atoms. The van der Waals surface area contributed by atoms with Crippen molar-refractivity contribution in [1.29, 1.82) is 0 Å². The van der Waals surface area contributed by atoms with Crippen LogP contribution in [-0.2, 0) is 20.8 Å². The molecule has 1 aliphatic carbocycles. The van der Waals surface area contributed by atoms with E-state index in [0.29, 0.717) is 6.42 Å². The molecule has 0 unspecified atom stereocenters. The average Bonchev–Trinajstić information content (AvgIpc) is 2.76. The van der Waals surface area contributed by atoms with E-state index in [2.05, 4.69) is 5.32 Å². The molecule has 0 aliphatic heterocycles. The van der Waals surface area contributed by atoms with Crippen LogP contribution in [0, 0.1) is 5.92 Å². The summed E-state index contributed by atoms with van der Waals surface area (Å²) in [5.74, 6) is -1.21. The van der Waals surface area contributed by atoms with Crippen LogP contribution in [0.15, 0.2) is 30.3 Å². The Balaban J connectivity index is 2.20. The van der Waals surface area contributed by atoms with Gasteiger partial charge in [-0.2, -0.15) is 0 Å². The number of nitrogens with two attached hydrogens (primary N) is 2. The van der Waals surface area contributed by atoms with Gasteiger partial charge in [-0.25, -0.2) is 0 Å². The molecule has 2 rings (SSSR count). The smallest absolute Gasteiger partial charge is 0.237 e. The number of benzene rings is 1. The number of aliphatic hydroxyl groups excluding tert-OH is 1. The number of primary amides is 1. The van der Waals surface area contributed by atoms with Gasteiger partial charge in [0, 0.05) is 18.0 Å². The Morgan fingerprint density at radius 2 is 1.73 bits per heavy atom. The molecule has 184 valence electrons. The Bertz CT molecular complexity index is 787. The van der Waals surface area contributed by atoms with Gasteiger partial charge in [0.05, 0.1) is 24.6 Å². The molecule has 0 heterocycles. The Morgan fingerprint density at radius 1 is 1.12 bits per heavy atom. The summed E-state index contributed by atoms with van der Waals surface area (Å²) in [4.78, 5) is 38.9. The fraction of sp³-hybridized carbons (Fsp3) is 0.640. The van der Waals surface area contributed by atoms with Crippen LogP contribution in [0.5, 0.6) is 0 Å². The van der Waals surface area contributed by atoms with Gasteiger partial charge in [0.1, 0.15) is 0 Å². The Morgan fingerprint density at radius 3 is 2.27 bits per heavy atom. The van der Waals surface area contributed by atoms with E-state index in [1.165, 1.54) is 0 Å². The highest BCUT2D eigenvalue weighted by Crippen LogP contribution is 2.28. The number of hydrogen-bond acceptors (Lipinski definition) is 5. The van der Waals surface area contributed by atoms with E-state index < -0.39 is 35.5 Å². The Hall–Kier alpha value is -2.45. The SMILES string of the molecule is CC(C)(C)N(C[C@@H](O)[C@H](Cc1ccccc1)NC(=O)[C@@H](N)CC(N)=O)C(=O)C1CCCCC1. The van der Waals surface area contributed by atoms with Crippen LogP contribution < -0.4 is 16.8 Å². The molecule has 1 saturated carbocycles. The maximum atomic E-state index is 13.4. The summed E-state index contributed by atoms with van der Waals surface area (Å²) >= 11 is 0. The minimum atomic E-state index is -1.10. The minimum absolute atomic E-state index is 0.0312. The predicted octanol–water partition coefficient (Wildman–Crippen LogP) is 1.48. The lowest BCUT2D eigenvalue weighted by Crippen LogP contribution is -2.57. The lowest BCUT2D eigenvalue weighted by atomic mass is 9.86. The van der Waals surface area contributed by atoms with Crippen LogP contribution in [0.3, 0.4) is 0 Å². The number of aliphatic hydroxyl groups is 1. The topological polar surface area (TPSA) is 139 Å². The van der Waals surface area contributed by atoms with Gasteiger partial charge in [0.25, 0.3) is 0 Å². The first kappa shape index (κ1) is 26.8. The van der Waals surface area contributed by atoms with E-state index in [-0.39, 0.29) is 24.8 Å². The quantitative estimate of drug-likeness (QED) is 0.419. The van der Waals surface area contributed by atoms with Gasteiger partial charge in [-0.1, -0.05) is 49.6 Å². The van der Waals surface area contributed by atoms with E-state index in [4.69, 9.17) is 11.5 Å². The molecule has 1 aromatic rings. The van der Waals surface area contributed by atoms with Crippen LogP contribution in [0.25, 0.3) is 0 Å². The van der Waals surface area contributed by atoms with Gasteiger partial charge in [0.15, 0.2) is 0 Å². The highest BCUT2D eigenvalue weighted by molar-refractivity contribution is 5.87. The molecule has 0 aromatic heterocycles. The first-order valence-electron chi connectivity index (χ1n) is 11.9. The molecule has 3 atom stereocenters. The maximum absolute atomic E-state index is 13.4. The molecule has 8 nitrogen and oxygen atoms in total. The van der Waals surface area contributed by atoms with Gasteiger partial charge < -0.3 is 26.8 Å². The Kier molecular flexibility index (Phi) is 9.86. The van der Waals surface area contributed by atoms with Crippen LogP contribution in [-0.4, -0.2) is 58.0 Å². The van der Waals surface area contributed by atoms with Crippen LogP contribution in [0.2, 0.25) is 0 Å². The molecule has 0 bridgehead atoms. The molecular weight excluding hydrogens is 420 g/mol. The average molecular weight is 461 g/mol. The second-order valence-electron chi connectivity index (χ2n) is 10.1. The van der Waals surface area contributed by atoms with E-state index in [9.17, 15) is 19.5 Å². The molecule has 0 saturated heterocycles. The van der Waals surface area contributed by atoms with Gasteiger partial charge in [-0.3, -0.25) is 14.4 Å². The summed E-state index contributed by atoms with van der Waals surface area (Å²) < 4.78 is 0. The van der Waals surface area contributed by atoms with Gasteiger partial charge >= 0.3 is 0 Å². The number of hydrogen-bond donors (Lipinski definition) is 4. The number of carbonyl (C=O) groups is 3. The predicted molar refractivity (Wildman–Crippen MR) is 128 cm³/mol. The number of amides is 3. The lowest BCUT2D eigenvalue weighted by Gasteiger charge is -2.41. The number of rotatable bonds is 10. The van der Waals surface area contributed by atoms with Crippen molar-refractivity contribution >= 4 is 17.7 Å². The Labute approximate surface area is 197 Å². The first-order valence-corrected chi connectivity index (χ1v) is 11.9. The second kappa shape index (κ2) is 12.1. The minimum Gasteiger partial charge on any atom is -0.389 e. The third-order valence-corrected chi connectivity index (χ3v) is 6.25. The van der Waals surface area contributed by atoms with Crippen molar-refractivity contribution < 1.29 is 19.5 Å². The summed E-state index contributed by atoms with van der Waals surface area (Å²) in [7, 11) is 0. The second-order valence-corrected chi connectivity index (χ2v) is 10.1. The standard InChI is InChI=1S/C25H40N4O4/c1-25(2,3)29(24(33)18-12-8-5-9-13-18)16-21(30)20(14-17-10-6-4-7-11-17)28-23(32)19(26)15-22(27)31/h4,6-7,10-11,18-21,30H,5,8-9,12-16,26H2,1-3H3,(H2,27,31)(H,28,32)/t19-,20-,21+/m0/s1. The van der Waals surface area contributed by atoms with Crippen molar-refractivity contribution in [2.75, 3.05) is 6.54 Å². The van der Waals surface area contributed by atoms with Crippen LogP contribution in [0.4, 0.5) is 0 Å². The van der Waals surface area contributed by atoms with Crippen molar-refractivity contribution in [3.63, 3.8) is 0 Å². The van der Waals surface area contributed by atoms with E-state index in [1.54, 1.807) is 4.90 Å². The van der Waals surface area contributed by atoms with Gasteiger partial charge in [-0.05, 0) is 45.6 Å². The molecule has 6 N–H and O–H groups in total. The van der Waals surface area contributed by atoms with Crippen molar-refractivity contribution in [3.05, 3.63) is 35.9 Å². The molecule has 8 heteroatoms. The molecule has 3 amide bonds. The highest BCUT2D eigenvalue weighted by Gasteiger charge is 2.36. The molecule has 1 aliphatic rings. The van der Waals surface area contributed by atoms with Crippen molar-refractivity contribution in [1.82, 2.24) is 10.2 Å². The van der Waals surface area contributed by atoms with Gasteiger partial charge in [-0.15, -0.1) is 0 Å². The summed E-state index contributed by atoms with van der Waals surface area (Å²) in [5, 5.41) is 14.0. The van der Waals surface area contributed by atoms with E-state index >= 15 is 0 Å². The monoisotopic (exact) mass is 460 g/mol. The normalized spacial score (nSPS) is 17.6. The van der Waals surface area contributed by atoms with Crippen molar-refractivity contribution in [2.45, 2.75) is 89.4 Å².